The molecule has 164 valence electrons. The second kappa shape index (κ2) is 9.47. The first-order chi connectivity index (χ1) is 15.1. The zero-order valence-electron chi connectivity index (χ0n) is 18.6. The first kappa shape index (κ1) is 21.3. The van der Waals surface area contributed by atoms with Crippen LogP contribution in [0.4, 0.5) is 0 Å². The molecule has 1 aromatic heterocycles. The van der Waals surface area contributed by atoms with Gasteiger partial charge in [0.15, 0.2) is 0 Å². The van der Waals surface area contributed by atoms with Crippen LogP contribution in [-0.4, -0.2) is 52.3 Å². The molecule has 0 saturated carbocycles. The Kier molecular flexibility index (Phi) is 6.51. The number of hydrogen-bond donors (Lipinski definition) is 1. The summed E-state index contributed by atoms with van der Waals surface area (Å²) >= 11 is 0. The van der Waals surface area contributed by atoms with Crippen LogP contribution >= 0.6 is 0 Å². The summed E-state index contributed by atoms with van der Waals surface area (Å²) < 4.78 is 7.91. The monoisotopic (exact) mass is 421 g/mol. The molecule has 0 aliphatic carbocycles. The van der Waals surface area contributed by atoms with Gasteiger partial charge in [-0.2, -0.15) is 0 Å². The standard InChI is InChI=1S/C24H31N5O2/c1-17(2)24(30)25-12-10-22-26-27-23-11-13-28(14-15-29(22)23)16-20-19-7-5-4-6-18(19)8-9-21(20)31-3/h4-9,17H,10-16H2,1-3H3,(H,25,30). The van der Waals surface area contributed by atoms with E-state index in [1.807, 2.05) is 13.8 Å². The predicted octanol–water partition coefficient (Wildman–Crippen LogP) is 2.81. The van der Waals surface area contributed by atoms with Crippen molar-refractivity contribution in [2.75, 3.05) is 26.7 Å². The Morgan fingerprint density at radius 1 is 1.13 bits per heavy atom. The Labute approximate surface area is 183 Å². The van der Waals surface area contributed by atoms with Crippen molar-refractivity contribution >= 4 is 16.7 Å². The van der Waals surface area contributed by atoms with Crippen LogP contribution < -0.4 is 10.1 Å². The lowest BCUT2D eigenvalue weighted by Crippen LogP contribution is -2.30. The molecule has 0 unspecified atom stereocenters. The maximum absolute atomic E-state index is 11.8. The number of fused-ring (bicyclic) bond motifs is 2. The highest BCUT2D eigenvalue weighted by atomic mass is 16.5. The quantitative estimate of drug-likeness (QED) is 0.635. The van der Waals surface area contributed by atoms with Crippen molar-refractivity contribution in [1.29, 1.82) is 0 Å². The number of amides is 1. The molecule has 1 aliphatic rings. The lowest BCUT2D eigenvalue weighted by atomic mass is 10.0. The minimum absolute atomic E-state index is 0.00451. The highest BCUT2D eigenvalue weighted by Gasteiger charge is 2.20. The van der Waals surface area contributed by atoms with E-state index in [4.69, 9.17) is 4.74 Å². The van der Waals surface area contributed by atoms with Crippen LogP contribution in [0.5, 0.6) is 5.75 Å². The summed E-state index contributed by atoms with van der Waals surface area (Å²) in [4.78, 5) is 14.3. The van der Waals surface area contributed by atoms with Crippen molar-refractivity contribution in [1.82, 2.24) is 25.0 Å². The van der Waals surface area contributed by atoms with E-state index in [-0.39, 0.29) is 11.8 Å². The fourth-order valence-electron chi connectivity index (χ4n) is 4.17. The third kappa shape index (κ3) is 4.71. The largest absolute Gasteiger partial charge is 0.496 e. The molecule has 31 heavy (non-hydrogen) atoms. The first-order valence-electron chi connectivity index (χ1n) is 11.0. The smallest absolute Gasteiger partial charge is 0.222 e. The van der Waals surface area contributed by atoms with Crippen LogP contribution in [0.15, 0.2) is 36.4 Å². The van der Waals surface area contributed by atoms with Crippen LogP contribution in [-0.2, 0) is 30.7 Å². The molecule has 0 fully saturated rings. The molecule has 0 saturated heterocycles. The number of carbonyl (C=O) groups is 1. The zero-order chi connectivity index (χ0) is 21.8. The Bertz CT molecular complexity index is 1060. The number of hydrogen-bond acceptors (Lipinski definition) is 5. The summed E-state index contributed by atoms with van der Waals surface area (Å²) in [7, 11) is 1.74. The third-order valence-corrected chi connectivity index (χ3v) is 5.97. The zero-order valence-corrected chi connectivity index (χ0v) is 18.6. The molecule has 7 heteroatoms. The average Bonchev–Trinajstić information content (AvgIpc) is 3.05. The van der Waals surface area contributed by atoms with Crippen molar-refractivity contribution < 1.29 is 9.53 Å². The Balaban J connectivity index is 1.44. The number of rotatable bonds is 7. The summed E-state index contributed by atoms with van der Waals surface area (Å²) in [6, 6.07) is 12.6. The second-order valence-corrected chi connectivity index (χ2v) is 8.37. The molecule has 0 spiro atoms. The van der Waals surface area contributed by atoms with Gasteiger partial charge in [-0.15, -0.1) is 10.2 Å². The number of methoxy groups -OCH3 is 1. The van der Waals surface area contributed by atoms with Gasteiger partial charge in [0.05, 0.1) is 7.11 Å². The molecule has 0 radical (unpaired) electrons. The van der Waals surface area contributed by atoms with E-state index >= 15 is 0 Å². The van der Waals surface area contributed by atoms with E-state index in [9.17, 15) is 4.79 Å². The van der Waals surface area contributed by atoms with Crippen LogP contribution in [0.3, 0.4) is 0 Å². The van der Waals surface area contributed by atoms with E-state index in [0.29, 0.717) is 13.0 Å². The summed E-state index contributed by atoms with van der Waals surface area (Å²) in [5.41, 5.74) is 1.23. The van der Waals surface area contributed by atoms with E-state index in [0.717, 1.165) is 50.0 Å². The van der Waals surface area contributed by atoms with Crippen molar-refractivity contribution in [3.8, 4) is 5.75 Å². The predicted molar refractivity (Wildman–Crippen MR) is 121 cm³/mol. The number of benzene rings is 2. The number of nitrogens with one attached hydrogen (secondary N) is 1. The molecule has 0 bridgehead atoms. The molecule has 1 N–H and O–H groups in total. The maximum Gasteiger partial charge on any atom is 0.222 e. The van der Waals surface area contributed by atoms with E-state index in [1.54, 1.807) is 7.11 Å². The highest BCUT2D eigenvalue weighted by Crippen LogP contribution is 2.29. The molecule has 2 heterocycles. The Morgan fingerprint density at radius 3 is 2.77 bits per heavy atom. The fraction of sp³-hybridized carbons (Fsp3) is 0.458. The van der Waals surface area contributed by atoms with Crippen LogP contribution in [0, 0.1) is 5.92 Å². The number of aromatic nitrogens is 3. The molecule has 2 aromatic carbocycles. The molecule has 7 nitrogen and oxygen atoms in total. The summed E-state index contributed by atoms with van der Waals surface area (Å²) in [5, 5.41) is 14.2. The fourth-order valence-corrected chi connectivity index (χ4v) is 4.17. The van der Waals surface area contributed by atoms with Gasteiger partial charge in [-0.3, -0.25) is 9.69 Å². The van der Waals surface area contributed by atoms with E-state index in [2.05, 4.69) is 61.4 Å². The molecule has 1 amide bonds. The van der Waals surface area contributed by atoms with Gasteiger partial charge in [0.1, 0.15) is 17.4 Å². The number of carbonyl (C=O) groups excluding carboxylic acids is 1. The van der Waals surface area contributed by atoms with Gasteiger partial charge < -0.3 is 14.6 Å². The van der Waals surface area contributed by atoms with Crippen LogP contribution in [0.2, 0.25) is 0 Å². The minimum Gasteiger partial charge on any atom is -0.496 e. The van der Waals surface area contributed by atoms with Crippen molar-refractivity contribution in [3.05, 3.63) is 53.6 Å². The summed E-state index contributed by atoms with van der Waals surface area (Å²) in [6.45, 7) is 7.92. The highest BCUT2D eigenvalue weighted by molar-refractivity contribution is 5.87. The summed E-state index contributed by atoms with van der Waals surface area (Å²) in [5.74, 6) is 2.98. The van der Waals surface area contributed by atoms with Gasteiger partial charge in [-0.1, -0.05) is 44.2 Å². The topological polar surface area (TPSA) is 72.3 Å². The normalized spacial score (nSPS) is 14.5. The first-order valence-corrected chi connectivity index (χ1v) is 11.0. The van der Waals surface area contributed by atoms with Gasteiger partial charge in [-0.25, -0.2) is 0 Å². The van der Waals surface area contributed by atoms with Crippen molar-refractivity contribution in [2.24, 2.45) is 5.92 Å². The van der Waals surface area contributed by atoms with Gasteiger partial charge in [0.2, 0.25) is 5.91 Å². The Morgan fingerprint density at radius 2 is 1.97 bits per heavy atom. The third-order valence-electron chi connectivity index (χ3n) is 5.97. The number of nitrogens with zero attached hydrogens (tertiary/aromatic N) is 4. The maximum atomic E-state index is 11.8. The molecular formula is C24H31N5O2. The minimum atomic E-state index is -0.00451. The van der Waals surface area contributed by atoms with Crippen LogP contribution in [0.1, 0.15) is 31.1 Å². The van der Waals surface area contributed by atoms with Gasteiger partial charge in [0.25, 0.3) is 0 Å². The van der Waals surface area contributed by atoms with Crippen LogP contribution in [0.25, 0.3) is 10.8 Å². The van der Waals surface area contributed by atoms with Gasteiger partial charge >= 0.3 is 0 Å². The van der Waals surface area contributed by atoms with Crippen molar-refractivity contribution in [3.63, 3.8) is 0 Å². The molecule has 0 atom stereocenters. The molecule has 1 aliphatic heterocycles. The molecular weight excluding hydrogens is 390 g/mol. The number of ether oxygens (including phenoxy) is 1. The molecule has 4 rings (SSSR count). The second-order valence-electron chi connectivity index (χ2n) is 8.37. The SMILES string of the molecule is COc1ccc2ccccc2c1CN1CCc2nnc(CCNC(=O)C(C)C)n2CC1. The van der Waals surface area contributed by atoms with E-state index < -0.39 is 0 Å². The summed E-state index contributed by atoms with van der Waals surface area (Å²) in [6.07, 6.45) is 1.56. The van der Waals surface area contributed by atoms with Gasteiger partial charge in [0, 0.05) is 57.0 Å². The van der Waals surface area contributed by atoms with Gasteiger partial charge in [-0.05, 0) is 16.8 Å². The Hall–Kier alpha value is -2.93. The average molecular weight is 422 g/mol. The molecule has 3 aromatic rings. The van der Waals surface area contributed by atoms with Crippen molar-refractivity contribution in [2.45, 2.75) is 39.8 Å². The van der Waals surface area contributed by atoms with E-state index in [1.165, 1.54) is 16.3 Å². The lowest BCUT2D eigenvalue weighted by Gasteiger charge is -2.22. The lowest BCUT2D eigenvalue weighted by molar-refractivity contribution is -0.123.